The number of imidazole rings is 1. The quantitative estimate of drug-likeness (QED) is 0.823. The SMILES string of the molecule is O=C(NCc1ccc(Cl)cc1)C1CCN(S(=O)(=O)c2cnc[nH]2)CC1. The lowest BCUT2D eigenvalue weighted by molar-refractivity contribution is -0.126. The lowest BCUT2D eigenvalue weighted by Crippen LogP contribution is -2.42. The number of aromatic nitrogens is 2. The lowest BCUT2D eigenvalue weighted by Gasteiger charge is -2.30. The molecule has 3 rings (SSSR count). The first-order chi connectivity index (χ1) is 12.0. The van der Waals surface area contributed by atoms with Crippen molar-refractivity contribution in [2.45, 2.75) is 24.4 Å². The predicted octanol–water partition coefficient (Wildman–Crippen LogP) is 1.78. The zero-order valence-electron chi connectivity index (χ0n) is 13.5. The van der Waals surface area contributed by atoms with Crippen LogP contribution in [-0.2, 0) is 21.4 Å². The highest BCUT2D eigenvalue weighted by Crippen LogP contribution is 2.23. The molecule has 0 atom stereocenters. The summed E-state index contributed by atoms with van der Waals surface area (Å²) in [5.41, 5.74) is 0.969. The second kappa shape index (κ2) is 7.55. The molecule has 7 nitrogen and oxygen atoms in total. The molecular formula is C16H19ClN4O3S. The second-order valence-electron chi connectivity index (χ2n) is 5.94. The topological polar surface area (TPSA) is 95.2 Å². The van der Waals surface area contributed by atoms with E-state index in [2.05, 4.69) is 15.3 Å². The number of H-pyrrole nitrogens is 1. The average molecular weight is 383 g/mol. The number of benzene rings is 1. The van der Waals surface area contributed by atoms with Gasteiger partial charge in [0.15, 0.2) is 5.03 Å². The number of amides is 1. The van der Waals surface area contributed by atoms with Crippen LogP contribution in [0.1, 0.15) is 18.4 Å². The summed E-state index contributed by atoms with van der Waals surface area (Å²) in [5.74, 6) is -0.228. The summed E-state index contributed by atoms with van der Waals surface area (Å²) in [5, 5.41) is 3.64. The van der Waals surface area contributed by atoms with Crippen molar-refractivity contribution in [2.24, 2.45) is 5.92 Å². The van der Waals surface area contributed by atoms with Gasteiger partial charge in [-0.25, -0.2) is 13.4 Å². The van der Waals surface area contributed by atoms with E-state index in [9.17, 15) is 13.2 Å². The van der Waals surface area contributed by atoms with Crippen LogP contribution < -0.4 is 5.32 Å². The highest BCUT2D eigenvalue weighted by Gasteiger charge is 2.32. The van der Waals surface area contributed by atoms with E-state index in [0.717, 1.165) is 5.56 Å². The lowest BCUT2D eigenvalue weighted by atomic mass is 9.97. The van der Waals surface area contributed by atoms with Gasteiger partial charge in [0.05, 0.1) is 12.5 Å². The van der Waals surface area contributed by atoms with Crippen molar-refractivity contribution in [1.29, 1.82) is 0 Å². The molecular weight excluding hydrogens is 364 g/mol. The molecule has 9 heteroatoms. The number of sulfonamides is 1. The maximum atomic E-state index is 12.4. The van der Waals surface area contributed by atoms with Gasteiger partial charge in [0.25, 0.3) is 10.0 Å². The van der Waals surface area contributed by atoms with Gasteiger partial charge in [0.2, 0.25) is 5.91 Å². The van der Waals surface area contributed by atoms with Gasteiger partial charge in [0.1, 0.15) is 0 Å². The molecule has 1 aromatic heterocycles. The number of carbonyl (C=O) groups is 1. The number of nitrogens with zero attached hydrogens (tertiary/aromatic N) is 2. The van der Waals surface area contributed by atoms with E-state index in [0.29, 0.717) is 37.5 Å². The van der Waals surface area contributed by atoms with Crippen LogP contribution in [0.5, 0.6) is 0 Å². The van der Waals surface area contributed by atoms with Gasteiger partial charge >= 0.3 is 0 Å². The summed E-state index contributed by atoms with van der Waals surface area (Å²) in [6.07, 6.45) is 3.63. The summed E-state index contributed by atoms with van der Waals surface area (Å²) in [4.78, 5) is 18.7. The van der Waals surface area contributed by atoms with Gasteiger partial charge in [-0.1, -0.05) is 23.7 Å². The monoisotopic (exact) mass is 382 g/mol. The minimum Gasteiger partial charge on any atom is -0.352 e. The van der Waals surface area contributed by atoms with E-state index in [-0.39, 0.29) is 16.9 Å². The van der Waals surface area contributed by atoms with E-state index in [4.69, 9.17) is 11.6 Å². The van der Waals surface area contributed by atoms with Gasteiger partial charge in [-0.3, -0.25) is 4.79 Å². The summed E-state index contributed by atoms with van der Waals surface area (Å²) in [6.45, 7) is 1.07. The fraction of sp³-hybridized carbons (Fsp3) is 0.375. The highest BCUT2D eigenvalue weighted by molar-refractivity contribution is 7.89. The molecule has 1 aliphatic heterocycles. The number of piperidine rings is 1. The molecule has 25 heavy (non-hydrogen) atoms. The summed E-state index contributed by atoms with van der Waals surface area (Å²) < 4.78 is 26.2. The number of nitrogens with one attached hydrogen (secondary N) is 2. The first-order valence-corrected chi connectivity index (χ1v) is 9.79. The first-order valence-electron chi connectivity index (χ1n) is 7.97. The number of hydrogen-bond donors (Lipinski definition) is 2. The van der Waals surface area contributed by atoms with E-state index < -0.39 is 10.0 Å². The predicted molar refractivity (Wildman–Crippen MR) is 93.4 cm³/mol. The molecule has 1 saturated heterocycles. The Kier molecular flexibility index (Phi) is 5.41. The molecule has 0 spiro atoms. The molecule has 0 unspecified atom stereocenters. The van der Waals surface area contributed by atoms with E-state index in [1.54, 1.807) is 12.1 Å². The van der Waals surface area contributed by atoms with Gasteiger partial charge in [-0.05, 0) is 30.5 Å². The smallest absolute Gasteiger partial charge is 0.260 e. The van der Waals surface area contributed by atoms with Crippen molar-refractivity contribution in [3.05, 3.63) is 47.4 Å². The summed E-state index contributed by atoms with van der Waals surface area (Å²) >= 11 is 5.84. The standard InChI is InChI=1S/C16H19ClN4O3S/c17-14-3-1-12(2-4-14)9-19-16(22)13-5-7-21(8-6-13)25(23,24)15-10-18-11-20-15/h1-4,10-11,13H,5-9H2,(H,18,20)(H,19,22). The zero-order valence-corrected chi connectivity index (χ0v) is 15.1. The molecule has 1 aromatic carbocycles. The summed E-state index contributed by atoms with van der Waals surface area (Å²) in [6, 6.07) is 7.29. The van der Waals surface area contributed by atoms with Crippen LogP contribution in [0.3, 0.4) is 0 Å². The molecule has 2 heterocycles. The van der Waals surface area contributed by atoms with Crippen LogP contribution in [0.15, 0.2) is 41.8 Å². The zero-order chi connectivity index (χ0) is 17.9. The van der Waals surface area contributed by atoms with E-state index >= 15 is 0 Å². The second-order valence-corrected chi connectivity index (χ2v) is 8.28. The van der Waals surface area contributed by atoms with Crippen LogP contribution in [0, 0.1) is 5.92 Å². The molecule has 1 aliphatic rings. The normalized spacial score (nSPS) is 16.7. The van der Waals surface area contributed by atoms with E-state index in [1.807, 2.05) is 12.1 Å². The minimum atomic E-state index is -3.56. The Labute approximate surface area is 151 Å². The van der Waals surface area contributed by atoms with Crippen LogP contribution in [0.2, 0.25) is 5.02 Å². The number of rotatable bonds is 5. The molecule has 0 radical (unpaired) electrons. The van der Waals surface area contributed by atoms with Crippen LogP contribution in [0.25, 0.3) is 0 Å². The van der Waals surface area contributed by atoms with Gasteiger partial charge in [0, 0.05) is 30.6 Å². The molecule has 1 fully saturated rings. The Hall–Kier alpha value is -1.90. The van der Waals surface area contributed by atoms with Crippen molar-refractivity contribution in [2.75, 3.05) is 13.1 Å². The number of halogens is 1. The third-order valence-electron chi connectivity index (χ3n) is 4.30. The Morgan fingerprint density at radius 1 is 1.28 bits per heavy atom. The van der Waals surface area contributed by atoms with Crippen molar-refractivity contribution in [3.8, 4) is 0 Å². The van der Waals surface area contributed by atoms with Crippen LogP contribution in [0.4, 0.5) is 0 Å². The fourth-order valence-corrected chi connectivity index (χ4v) is 4.31. The number of aromatic amines is 1. The average Bonchev–Trinajstić information content (AvgIpc) is 3.16. The van der Waals surface area contributed by atoms with Gasteiger partial charge in [-0.2, -0.15) is 4.31 Å². The van der Waals surface area contributed by atoms with Gasteiger partial charge in [-0.15, -0.1) is 0 Å². The first kappa shape index (κ1) is 17.9. The van der Waals surface area contributed by atoms with E-state index in [1.165, 1.54) is 16.8 Å². The van der Waals surface area contributed by atoms with Crippen molar-refractivity contribution in [1.82, 2.24) is 19.6 Å². The molecule has 0 saturated carbocycles. The highest BCUT2D eigenvalue weighted by atomic mass is 35.5. The molecule has 2 N–H and O–H groups in total. The minimum absolute atomic E-state index is 0.0476. The number of carbonyl (C=O) groups excluding carboxylic acids is 1. The third-order valence-corrected chi connectivity index (χ3v) is 6.37. The van der Waals surface area contributed by atoms with Crippen molar-refractivity contribution in [3.63, 3.8) is 0 Å². The Bertz CT molecular complexity index is 814. The van der Waals surface area contributed by atoms with Crippen LogP contribution >= 0.6 is 11.6 Å². The third kappa shape index (κ3) is 4.20. The maximum Gasteiger partial charge on any atom is 0.260 e. The van der Waals surface area contributed by atoms with Crippen LogP contribution in [-0.4, -0.2) is 41.7 Å². The Balaban J connectivity index is 1.51. The van der Waals surface area contributed by atoms with Crippen molar-refractivity contribution < 1.29 is 13.2 Å². The molecule has 0 aliphatic carbocycles. The Morgan fingerprint density at radius 2 is 1.96 bits per heavy atom. The maximum absolute atomic E-state index is 12.4. The largest absolute Gasteiger partial charge is 0.352 e. The van der Waals surface area contributed by atoms with Crippen molar-refractivity contribution >= 4 is 27.5 Å². The summed E-state index contributed by atoms with van der Waals surface area (Å²) in [7, 11) is -3.56. The molecule has 2 aromatic rings. The van der Waals surface area contributed by atoms with Gasteiger partial charge < -0.3 is 10.3 Å². The fourth-order valence-electron chi connectivity index (χ4n) is 2.82. The molecule has 1 amide bonds. The molecule has 0 bridgehead atoms. The molecule has 134 valence electrons. The Morgan fingerprint density at radius 3 is 2.56 bits per heavy atom. The number of hydrogen-bond acceptors (Lipinski definition) is 4.